The van der Waals surface area contributed by atoms with E-state index in [1.807, 2.05) is 0 Å². The predicted octanol–water partition coefficient (Wildman–Crippen LogP) is 0.219. The Kier molecular flexibility index (Phi) is 1.88. The Morgan fingerprint density at radius 1 is 1.43 bits per heavy atom. The third kappa shape index (κ3) is 1.20. The second-order valence-electron chi connectivity index (χ2n) is 2.73. The van der Waals surface area contributed by atoms with Crippen molar-refractivity contribution in [1.29, 1.82) is 0 Å². The average molecular weight is 192 g/mol. The molecule has 14 heavy (non-hydrogen) atoms. The fourth-order valence-electron chi connectivity index (χ4n) is 1.11. The number of ether oxygens (including phenoxy) is 1. The van der Waals surface area contributed by atoms with Crippen molar-refractivity contribution in [3.63, 3.8) is 0 Å². The Hall–Kier alpha value is -1.98. The van der Waals surface area contributed by atoms with Crippen LogP contribution in [0.3, 0.4) is 0 Å². The van der Waals surface area contributed by atoms with Crippen LogP contribution in [0.25, 0.3) is 5.65 Å². The Morgan fingerprint density at radius 3 is 2.93 bits per heavy atom. The standard InChI is InChI=1S/C8H8N4O2/c1-5-9-10-7-4-3-6(8(13)14-2)11-12(5)7/h3-4H,1-2H3. The van der Waals surface area contributed by atoms with Crippen LogP contribution in [-0.2, 0) is 4.74 Å². The van der Waals surface area contributed by atoms with E-state index in [9.17, 15) is 4.79 Å². The zero-order chi connectivity index (χ0) is 10.1. The summed E-state index contributed by atoms with van der Waals surface area (Å²) in [6, 6.07) is 3.22. The summed E-state index contributed by atoms with van der Waals surface area (Å²) in [6.45, 7) is 1.76. The summed E-state index contributed by atoms with van der Waals surface area (Å²) in [4.78, 5) is 11.2. The van der Waals surface area contributed by atoms with Gasteiger partial charge in [-0.2, -0.15) is 9.61 Å². The van der Waals surface area contributed by atoms with Gasteiger partial charge in [0.1, 0.15) is 0 Å². The minimum Gasteiger partial charge on any atom is -0.464 e. The van der Waals surface area contributed by atoms with E-state index >= 15 is 0 Å². The highest BCUT2D eigenvalue weighted by Crippen LogP contribution is 2.03. The number of hydrogen-bond donors (Lipinski definition) is 0. The molecule has 2 aromatic rings. The zero-order valence-corrected chi connectivity index (χ0v) is 7.76. The van der Waals surface area contributed by atoms with Crippen molar-refractivity contribution in [3.05, 3.63) is 23.7 Å². The van der Waals surface area contributed by atoms with Gasteiger partial charge in [0.2, 0.25) is 0 Å². The number of carbonyl (C=O) groups is 1. The summed E-state index contributed by atoms with van der Waals surface area (Å²) in [5, 5.41) is 11.7. The largest absolute Gasteiger partial charge is 0.464 e. The SMILES string of the molecule is COC(=O)c1ccc2nnc(C)n2n1. The zero-order valence-electron chi connectivity index (χ0n) is 7.76. The van der Waals surface area contributed by atoms with E-state index in [1.54, 1.807) is 19.1 Å². The molecule has 0 radical (unpaired) electrons. The number of nitrogens with zero attached hydrogens (tertiary/aromatic N) is 4. The topological polar surface area (TPSA) is 69.4 Å². The summed E-state index contributed by atoms with van der Waals surface area (Å²) < 4.78 is 6.04. The van der Waals surface area contributed by atoms with Gasteiger partial charge in [-0.25, -0.2) is 4.79 Å². The summed E-state index contributed by atoms with van der Waals surface area (Å²) in [5.74, 6) is 0.158. The number of esters is 1. The van der Waals surface area contributed by atoms with Crippen LogP contribution >= 0.6 is 0 Å². The summed E-state index contributed by atoms with van der Waals surface area (Å²) in [5.41, 5.74) is 0.845. The van der Waals surface area contributed by atoms with Gasteiger partial charge in [0.25, 0.3) is 0 Å². The molecule has 0 aliphatic rings. The van der Waals surface area contributed by atoms with Gasteiger partial charge in [0, 0.05) is 0 Å². The van der Waals surface area contributed by atoms with Crippen LogP contribution in [0.4, 0.5) is 0 Å². The minimum atomic E-state index is -0.472. The minimum absolute atomic E-state index is 0.239. The predicted molar refractivity (Wildman–Crippen MR) is 46.9 cm³/mol. The Balaban J connectivity index is 2.60. The first-order valence-corrected chi connectivity index (χ1v) is 4.00. The molecule has 0 aliphatic heterocycles. The number of rotatable bonds is 1. The Bertz CT molecular complexity index is 491. The second-order valence-corrected chi connectivity index (χ2v) is 2.73. The first-order chi connectivity index (χ1) is 6.72. The molecule has 0 bridgehead atoms. The lowest BCUT2D eigenvalue weighted by Gasteiger charge is -1.98. The normalized spacial score (nSPS) is 10.4. The molecule has 0 saturated heterocycles. The van der Waals surface area contributed by atoms with Crippen LogP contribution in [0.5, 0.6) is 0 Å². The average Bonchev–Trinajstić information content (AvgIpc) is 2.59. The number of hydrogen-bond acceptors (Lipinski definition) is 5. The smallest absolute Gasteiger partial charge is 0.358 e. The molecular formula is C8H8N4O2. The molecule has 0 amide bonds. The molecule has 0 N–H and O–H groups in total. The third-order valence-electron chi connectivity index (χ3n) is 1.81. The van der Waals surface area contributed by atoms with Crippen LogP contribution in [0.15, 0.2) is 12.1 Å². The lowest BCUT2D eigenvalue weighted by molar-refractivity contribution is 0.0592. The molecule has 6 nitrogen and oxygen atoms in total. The molecule has 2 heterocycles. The molecule has 0 atom stereocenters. The number of fused-ring (bicyclic) bond motifs is 1. The van der Waals surface area contributed by atoms with Crippen LogP contribution in [0.1, 0.15) is 16.3 Å². The number of aromatic nitrogens is 4. The van der Waals surface area contributed by atoms with Crippen molar-refractivity contribution < 1.29 is 9.53 Å². The second kappa shape index (κ2) is 3.06. The maximum Gasteiger partial charge on any atom is 0.358 e. The third-order valence-corrected chi connectivity index (χ3v) is 1.81. The molecule has 0 saturated carbocycles. The monoisotopic (exact) mass is 192 g/mol. The molecule has 0 unspecified atom stereocenters. The number of aryl methyl sites for hydroxylation is 1. The van der Waals surface area contributed by atoms with Crippen LogP contribution < -0.4 is 0 Å². The maximum atomic E-state index is 11.2. The summed E-state index contributed by atoms with van der Waals surface area (Å²) in [7, 11) is 1.31. The van der Waals surface area contributed by atoms with E-state index in [0.29, 0.717) is 11.5 Å². The van der Waals surface area contributed by atoms with E-state index in [-0.39, 0.29) is 5.69 Å². The highest BCUT2D eigenvalue weighted by Gasteiger charge is 2.09. The maximum absolute atomic E-state index is 11.2. The molecule has 2 aromatic heterocycles. The van der Waals surface area contributed by atoms with E-state index in [0.717, 1.165) is 0 Å². The van der Waals surface area contributed by atoms with Gasteiger partial charge in [-0.3, -0.25) is 0 Å². The summed E-state index contributed by atoms with van der Waals surface area (Å²) in [6.07, 6.45) is 0. The molecule has 0 aliphatic carbocycles. The van der Waals surface area contributed by atoms with Gasteiger partial charge in [-0.1, -0.05) is 0 Å². The molecule has 6 heteroatoms. The van der Waals surface area contributed by atoms with Crippen molar-refractivity contribution in [2.45, 2.75) is 6.92 Å². The van der Waals surface area contributed by atoms with Crippen LogP contribution in [0.2, 0.25) is 0 Å². The van der Waals surface area contributed by atoms with Crippen molar-refractivity contribution in [2.75, 3.05) is 7.11 Å². The Labute approximate surface area is 79.5 Å². The number of carbonyl (C=O) groups excluding carboxylic acids is 1. The van der Waals surface area contributed by atoms with E-state index in [2.05, 4.69) is 20.0 Å². The first-order valence-electron chi connectivity index (χ1n) is 4.00. The highest BCUT2D eigenvalue weighted by atomic mass is 16.5. The Morgan fingerprint density at radius 2 is 2.21 bits per heavy atom. The van der Waals surface area contributed by atoms with E-state index in [1.165, 1.54) is 11.6 Å². The van der Waals surface area contributed by atoms with Crippen LogP contribution in [0, 0.1) is 6.92 Å². The lowest BCUT2D eigenvalue weighted by atomic mass is 10.4. The van der Waals surface area contributed by atoms with Gasteiger partial charge >= 0.3 is 5.97 Å². The van der Waals surface area contributed by atoms with Gasteiger partial charge in [0.05, 0.1) is 7.11 Å². The quantitative estimate of drug-likeness (QED) is 0.604. The molecule has 0 fully saturated rings. The van der Waals surface area contributed by atoms with E-state index in [4.69, 9.17) is 0 Å². The highest BCUT2D eigenvalue weighted by molar-refractivity contribution is 5.87. The molecule has 0 aromatic carbocycles. The van der Waals surface area contributed by atoms with Gasteiger partial charge in [-0.05, 0) is 19.1 Å². The van der Waals surface area contributed by atoms with Crippen molar-refractivity contribution >= 4 is 11.6 Å². The van der Waals surface area contributed by atoms with E-state index < -0.39 is 5.97 Å². The first kappa shape index (κ1) is 8.61. The summed E-state index contributed by atoms with van der Waals surface area (Å²) >= 11 is 0. The molecular weight excluding hydrogens is 184 g/mol. The van der Waals surface area contributed by atoms with Crippen molar-refractivity contribution in [1.82, 2.24) is 19.8 Å². The van der Waals surface area contributed by atoms with Crippen LogP contribution in [-0.4, -0.2) is 32.9 Å². The number of methoxy groups -OCH3 is 1. The molecule has 0 spiro atoms. The van der Waals surface area contributed by atoms with Gasteiger partial charge < -0.3 is 4.74 Å². The van der Waals surface area contributed by atoms with Gasteiger partial charge in [-0.15, -0.1) is 10.2 Å². The van der Waals surface area contributed by atoms with Crippen molar-refractivity contribution in [3.8, 4) is 0 Å². The molecule has 72 valence electrons. The fourth-order valence-corrected chi connectivity index (χ4v) is 1.11. The fraction of sp³-hybridized carbons (Fsp3) is 0.250. The molecule has 2 rings (SSSR count). The van der Waals surface area contributed by atoms with Crippen molar-refractivity contribution in [2.24, 2.45) is 0 Å². The lowest BCUT2D eigenvalue weighted by Crippen LogP contribution is -2.07. The van der Waals surface area contributed by atoms with Gasteiger partial charge in [0.15, 0.2) is 17.2 Å².